The lowest BCUT2D eigenvalue weighted by molar-refractivity contribution is -0.116. The number of anilines is 1. The Balaban J connectivity index is 1.81. The molecule has 126 valence electrons. The molecule has 1 saturated carbocycles. The molecule has 0 unspecified atom stereocenters. The Morgan fingerprint density at radius 2 is 1.87 bits per heavy atom. The molecule has 1 aliphatic carbocycles. The standard InChI is InChI=1S/C18H27N3O2/c1-14-8-6-7-11-17(14)21(15(2)22)13-12-19-18(23)20-16-9-4-3-5-10-16/h6-8,11,16H,3-5,9-10,12-13H2,1-2H3,(H2,19,20,23). The van der Waals surface area contributed by atoms with Crippen LogP contribution in [0, 0.1) is 6.92 Å². The fraction of sp³-hybridized carbons (Fsp3) is 0.556. The van der Waals surface area contributed by atoms with Crippen molar-refractivity contribution in [3.8, 4) is 0 Å². The molecule has 0 saturated heterocycles. The summed E-state index contributed by atoms with van der Waals surface area (Å²) in [5.41, 5.74) is 1.95. The number of hydrogen-bond donors (Lipinski definition) is 2. The van der Waals surface area contributed by atoms with Gasteiger partial charge in [0.25, 0.3) is 0 Å². The van der Waals surface area contributed by atoms with E-state index in [1.54, 1.807) is 11.8 Å². The summed E-state index contributed by atoms with van der Waals surface area (Å²) in [6, 6.07) is 7.94. The molecule has 0 atom stereocenters. The molecule has 0 aromatic heterocycles. The molecule has 1 fully saturated rings. The monoisotopic (exact) mass is 317 g/mol. The van der Waals surface area contributed by atoms with Crippen molar-refractivity contribution in [1.82, 2.24) is 10.6 Å². The lowest BCUT2D eigenvalue weighted by atomic mass is 9.96. The molecule has 0 aliphatic heterocycles. The summed E-state index contributed by atoms with van der Waals surface area (Å²) in [6.07, 6.45) is 5.78. The minimum Gasteiger partial charge on any atom is -0.336 e. The summed E-state index contributed by atoms with van der Waals surface area (Å²) in [5.74, 6) is -0.0196. The van der Waals surface area contributed by atoms with E-state index in [-0.39, 0.29) is 11.9 Å². The molecule has 0 bridgehead atoms. The Kier molecular flexibility index (Phi) is 6.44. The van der Waals surface area contributed by atoms with E-state index in [1.807, 2.05) is 31.2 Å². The van der Waals surface area contributed by atoms with Crippen molar-refractivity contribution in [1.29, 1.82) is 0 Å². The molecule has 0 spiro atoms. The van der Waals surface area contributed by atoms with Gasteiger partial charge in [-0.05, 0) is 31.4 Å². The summed E-state index contributed by atoms with van der Waals surface area (Å²) in [4.78, 5) is 25.5. The van der Waals surface area contributed by atoms with Gasteiger partial charge in [0.05, 0.1) is 0 Å². The fourth-order valence-electron chi connectivity index (χ4n) is 3.08. The van der Waals surface area contributed by atoms with Gasteiger partial charge in [-0.15, -0.1) is 0 Å². The van der Waals surface area contributed by atoms with Gasteiger partial charge in [-0.3, -0.25) is 4.79 Å². The highest BCUT2D eigenvalue weighted by atomic mass is 16.2. The number of nitrogens with one attached hydrogen (secondary N) is 2. The van der Waals surface area contributed by atoms with E-state index < -0.39 is 0 Å². The number of carbonyl (C=O) groups excluding carboxylic acids is 2. The molecule has 0 radical (unpaired) electrons. The van der Waals surface area contributed by atoms with Gasteiger partial charge in [-0.25, -0.2) is 4.79 Å². The third-order valence-corrected chi connectivity index (χ3v) is 4.35. The van der Waals surface area contributed by atoms with Crippen LogP contribution in [0.1, 0.15) is 44.6 Å². The summed E-state index contributed by atoms with van der Waals surface area (Å²) in [7, 11) is 0. The van der Waals surface area contributed by atoms with Crippen molar-refractivity contribution < 1.29 is 9.59 Å². The van der Waals surface area contributed by atoms with E-state index in [2.05, 4.69) is 10.6 Å². The van der Waals surface area contributed by atoms with E-state index >= 15 is 0 Å². The zero-order valence-electron chi connectivity index (χ0n) is 14.1. The number of para-hydroxylation sites is 1. The van der Waals surface area contributed by atoms with Crippen molar-refractivity contribution in [3.63, 3.8) is 0 Å². The van der Waals surface area contributed by atoms with Crippen molar-refractivity contribution in [3.05, 3.63) is 29.8 Å². The van der Waals surface area contributed by atoms with E-state index in [9.17, 15) is 9.59 Å². The van der Waals surface area contributed by atoms with Gasteiger partial charge in [-0.1, -0.05) is 37.5 Å². The Morgan fingerprint density at radius 3 is 2.52 bits per heavy atom. The van der Waals surface area contributed by atoms with Crippen LogP contribution in [0.15, 0.2) is 24.3 Å². The minimum atomic E-state index is -0.134. The van der Waals surface area contributed by atoms with Gasteiger partial charge in [0.15, 0.2) is 0 Å². The smallest absolute Gasteiger partial charge is 0.315 e. The van der Waals surface area contributed by atoms with E-state index in [0.29, 0.717) is 19.1 Å². The van der Waals surface area contributed by atoms with Gasteiger partial charge in [0.1, 0.15) is 0 Å². The van der Waals surface area contributed by atoms with Gasteiger partial charge < -0.3 is 15.5 Å². The molecule has 2 N–H and O–H groups in total. The zero-order chi connectivity index (χ0) is 16.7. The van der Waals surface area contributed by atoms with Crippen LogP contribution in [0.4, 0.5) is 10.5 Å². The first-order valence-corrected chi connectivity index (χ1v) is 8.46. The summed E-state index contributed by atoms with van der Waals surface area (Å²) >= 11 is 0. The predicted molar refractivity (Wildman–Crippen MR) is 92.6 cm³/mol. The van der Waals surface area contributed by atoms with Gasteiger partial charge in [0, 0.05) is 31.7 Å². The molecule has 1 aromatic rings. The first kappa shape index (κ1) is 17.3. The quantitative estimate of drug-likeness (QED) is 0.877. The number of urea groups is 1. The molecule has 23 heavy (non-hydrogen) atoms. The molecular weight excluding hydrogens is 290 g/mol. The van der Waals surface area contributed by atoms with Gasteiger partial charge >= 0.3 is 6.03 Å². The second-order valence-electron chi connectivity index (χ2n) is 6.19. The Hall–Kier alpha value is -2.04. The van der Waals surface area contributed by atoms with Crippen LogP contribution in [0.25, 0.3) is 0 Å². The first-order chi connectivity index (χ1) is 11.1. The molecular formula is C18H27N3O2. The molecule has 1 aliphatic rings. The van der Waals surface area contributed by atoms with Crippen LogP contribution >= 0.6 is 0 Å². The second-order valence-corrected chi connectivity index (χ2v) is 6.19. The van der Waals surface area contributed by atoms with Crippen molar-refractivity contribution in [2.45, 2.75) is 52.0 Å². The lowest BCUT2D eigenvalue weighted by Gasteiger charge is -2.25. The van der Waals surface area contributed by atoms with E-state index in [1.165, 1.54) is 19.3 Å². The minimum absolute atomic E-state index is 0.0196. The van der Waals surface area contributed by atoms with Gasteiger partial charge in [0.2, 0.25) is 5.91 Å². The van der Waals surface area contributed by atoms with Crippen LogP contribution in [-0.4, -0.2) is 31.1 Å². The number of nitrogens with zero attached hydrogens (tertiary/aromatic N) is 1. The topological polar surface area (TPSA) is 61.4 Å². The Labute approximate surface area is 138 Å². The first-order valence-electron chi connectivity index (χ1n) is 8.46. The van der Waals surface area contributed by atoms with Crippen LogP contribution in [-0.2, 0) is 4.79 Å². The van der Waals surface area contributed by atoms with Crippen LogP contribution in [0.5, 0.6) is 0 Å². The largest absolute Gasteiger partial charge is 0.336 e. The number of amides is 3. The predicted octanol–water partition coefficient (Wildman–Crippen LogP) is 2.98. The third-order valence-electron chi connectivity index (χ3n) is 4.35. The zero-order valence-corrected chi connectivity index (χ0v) is 14.1. The molecule has 1 aromatic carbocycles. The molecule has 5 heteroatoms. The average Bonchev–Trinajstić information content (AvgIpc) is 2.53. The Morgan fingerprint density at radius 1 is 1.17 bits per heavy atom. The summed E-state index contributed by atoms with van der Waals surface area (Å²) in [6.45, 7) is 4.44. The van der Waals surface area contributed by atoms with Gasteiger partial charge in [-0.2, -0.15) is 0 Å². The number of carbonyl (C=O) groups is 2. The Bertz CT molecular complexity index is 539. The maximum Gasteiger partial charge on any atom is 0.315 e. The number of aryl methyl sites for hydroxylation is 1. The van der Waals surface area contributed by atoms with Crippen LogP contribution in [0.3, 0.4) is 0 Å². The highest BCUT2D eigenvalue weighted by Crippen LogP contribution is 2.19. The van der Waals surface area contributed by atoms with Crippen molar-refractivity contribution in [2.24, 2.45) is 0 Å². The SMILES string of the molecule is CC(=O)N(CCNC(=O)NC1CCCCC1)c1ccccc1C. The summed E-state index contributed by atoms with van der Waals surface area (Å²) in [5, 5.41) is 5.88. The summed E-state index contributed by atoms with van der Waals surface area (Å²) < 4.78 is 0. The number of benzene rings is 1. The van der Waals surface area contributed by atoms with Crippen molar-refractivity contribution >= 4 is 17.6 Å². The van der Waals surface area contributed by atoms with E-state index in [0.717, 1.165) is 24.1 Å². The third kappa shape index (κ3) is 5.27. The maximum atomic E-state index is 11.9. The highest BCUT2D eigenvalue weighted by molar-refractivity contribution is 5.92. The molecule has 2 rings (SSSR count). The van der Waals surface area contributed by atoms with E-state index in [4.69, 9.17) is 0 Å². The number of hydrogen-bond acceptors (Lipinski definition) is 2. The maximum absolute atomic E-state index is 11.9. The molecule has 0 heterocycles. The second kappa shape index (κ2) is 8.56. The normalized spacial score (nSPS) is 15.0. The van der Waals surface area contributed by atoms with Crippen LogP contribution in [0.2, 0.25) is 0 Å². The molecule has 3 amide bonds. The average molecular weight is 317 g/mol. The molecule has 5 nitrogen and oxygen atoms in total. The fourth-order valence-corrected chi connectivity index (χ4v) is 3.08. The highest BCUT2D eigenvalue weighted by Gasteiger charge is 2.16. The lowest BCUT2D eigenvalue weighted by Crippen LogP contribution is -2.45. The van der Waals surface area contributed by atoms with Crippen molar-refractivity contribution in [2.75, 3.05) is 18.0 Å². The number of rotatable bonds is 5. The van der Waals surface area contributed by atoms with Crippen LogP contribution < -0.4 is 15.5 Å².